The fraction of sp³-hybridized carbons (Fsp3) is 0.231. The normalized spacial score (nSPS) is 19.2. The lowest BCUT2D eigenvalue weighted by molar-refractivity contribution is -0.167. The van der Waals surface area contributed by atoms with E-state index in [1.54, 1.807) is 24.0 Å². The van der Waals surface area contributed by atoms with Crippen LogP contribution < -0.4 is 9.47 Å². The molecule has 6 nitrogen and oxygen atoms in total. The minimum Gasteiger partial charge on any atom is -0.493 e. The van der Waals surface area contributed by atoms with E-state index in [4.69, 9.17) is 9.47 Å². The fourth-order valence-corrected chi connectivity index (χ4v) is 4.72. The number of hydrogen-bond donors (Lipinski definition) is 0. The van der Waals surface area contributed by atoms with Gasteiger partial charge < -0.3 is 19.3 Å². The van der Waals surface area contributed by atoms with Crippen LogP contribution in [0.4, 0.5) is 0 Å². The molecule has 3 aromatic carbocycles. The van der Waals surface area contributed by atoms with E-state index in [0.717, 1.165) is 22.3 Å². The smallest absolute Gasteiger partial charge is 0.251 e. The van der Waals surface area contributed by atoms with E-state index in [-0.39, 0.29) is 11.8 Å². The highest BCUT2D eigenvalue weighted by Crippen LogP contribution is 2.50. The Morgan fingerprint density at radius 1 is 0.656 bits per heavy atom. The molecule has 2 bridgehead atoms. The van der Waals surface area contributed by atoms with Crippen LogP contribution in [0.1, 0.15) is 34.3 Å². The summed E-state index contributed by atoms with van der Waals surface area (Å²) in [6.07, 6.45) is 0. The number of carbonyl (C=O) groups excluding carboxylic acids is 2. The second-order valence-electron chi connectivity index (χ2n) is 8.04. The van der Waals surface area contributed by atoms with Gasteiger partial charge in [0, 0.05) is 13.1 Å². The van der Waals surface area contributed by atoms with Crippen molar-refractivity contribution in [1.29, 1.82) is 0 Å². The summed E-state index contributed by atoms with van der Waals surface area (Å²) in [7, 11) is 3.14. The number of fused-ring (bicyclic) bond motifs is 2. The zero-order valence-electron chi connectivity index (χ0n) is 18.0. The Kier molecular flexibility index (Phi) is 5.05. The van der Waals surface area contributed by atoms with Gasteiger partial charge in [0.05, 0.1) is 14.2 Å². The molecule has 2 amide bonds. The van der Waals surface area contributed by atoms with Gasteiger partial charge in [0.15, 0.2) is 11.5 Å². The first-order valence-electron chi connectivity index (χ1n) is 10.6. The van der Waals surface area contributed by atoms with E-state index < -0.39 is 12.1 Å². The number of hydrogen-bond acceptors (Lipinski definition) is 4. The van der Waals surface area contributed by atoms with E-state index in [2.05, 4.69) is 0 Å². The number of benzene rings is 3. The van der Waals surface area contributed by atoms with Crippen molar-refractivity contribution in [3.8, 4) is 11.5 Å². The van der Waals surface area contributed by atoms with Gasteiger partial charge in [0.2, 0.25) is 0 Å². The Balaban J connectivity index is 1.61. The van der Waals surface area contributed by atoms with Crippen molar-refractivity contribution in [2.45, 2.75) is 25.2 Å². The van der Waals surface area contributed by atoms with Crippen molar-refractivity contribution in [3.05, 3.63) is 95.1 Å². The summed E-state index contributed by atoms with van der Waals surface area (Å²) in [6, 6.07) is 21.8. The Hall–Kier alpha value is -3.80. The molecular weight excluding hydrogens is 404 g/mol. The van der Waals surface area contributed by atoms with Gasteiger partial charge in [-0.15, -0.1) is 0 Å². The summed E-state index contributed by atoms with van der Waals surface area (Å²) in [4.78, 5) is 30.8. The van der Waals surface area contributed by atoms with Crippen LogP contribution in [0.15, 0.2) is 72.8 Å². The number of methoxy groups -OCH3 is 2. The molecule has 0 spiro atoms. The Labute approximate surface area is 187 Å². The van der Waals surface area contributed by atoms with Gasteiger partial charge in [0.25, 0.3) is 11.8 Å². The molecular formula is C26H24N2O4. The number of rotatable bonds is 6. The van der Waals surface area contributed by atoms with Gasteiger partial charge in [0.1, 0.15) is 12.1 Å². The Bertz CT molecular complexity index is 1070. The van der Waals surface area contributed by atoms with E-state index in [0.29, 0.717) is 24.6 Å². The monoisotopic (exact) mass is 428 g/mol. The third-order valence-electron chi connectivity index (χ3n) is 6.23. The molecule has 3 aliphatic heterocycles. The predicted molar refractivity (Wildman–Crippen MR) is 119 cm³/mol. The van der Waals surface area contributed by atoms with E-state index in [9.17, 15) is 9.59 Å². The Morgan fingerprint density at radius 2 is 1.03 bits per heavy atom. The summed E-state index contributed by atoms with van der Waals surface area (Å²) < 4.78 is 11.0. The summed E-state index contributed by atoms with van der Waals surface area (Å²) in [5, 5.41) is 0. The fourth-order valence-electron chi connectivity index (χ4n) is 4.72. The first kappa shape index (κ1) is 20.1. The van der Waals surface area contributed by atoms with Gasteiger partial charge in [-0.1, -0.05) is 60.7 Å². The largest absolute Gasteiger partial charge is 0.493 e. The molecule has 3 aromatic rings. The molecule has 1 saturated heterocycles. The summed E-state index contributed by atoms with van der Waals surface area (Å²) >= 11 is 0. The standard InChI is InChI=1S/C26H24N2O4/c1-31-21-13-19-20(14-22(21)32-2)24-26(30)27(15-17-9-5-3-6-10-17)23(19)25(29)28(24)16-18-11-7-4-8-12-18/h3-14,23-24H,15-16H2,1-2H3. The average Bonchev–Trinajstić information content (AvgIpc) is 2.83. The SMILES string of the molecule is COc1cc2c(cc1OC)C1C(=O)N(Cc3ccccc3)C2C(=O)N1Cc1ccccc1. The summed E-state index contributed by atoms with van der Waals surface area (Å²) in [5.41, 5.74) is 3.57. The number of nitrogens with zero attached hydrogens (tertiary/aromatic N) is 2. The van der Waals surface area contributed by atoms with Crippen LogP contribution in [0.5, 0.6) is 11.5 Å². The first-order chi connectivity index (χ1) is 15.6. The van der Waals surface area contributed by atoms with E-state index in [1.165, 1.54) is 0 Å². The summed E-state index contributed by atoms with van der Waals surface area (Å²) in [6.45, 7) is 0.749. The molecule has 6 rings (SSSR count). The van der Waals surface area contributed by atoms with Gasteiger partial charge in [-0.3, -0.25) is 9.59 Å². The predicted octanol–water partition coefficient (Wildman–Crippen LogP) is 3.87. The van der Waals surface area contributed by atoms with Crippen molar-refractivity contribution in [1.82, 2.24) is 9.80 Å². The van der Waals surface area contributed by atoms with Crippen molar-refractivity contribution < 1.29 is 19.1 Å². The highest BCUT2D eigenvalue weighted by molar-refractivity contribution is 6.01. The van der Waals surface area contributed by atoms with Gasteiger partial charge in [-0.25, -0.2) is 0 Å². The zero-order valence-corrected chi connectivity index (χ0v) is 18.0. The molecule has 2 atom stereocenters. The molecule has 3 heterocycles. The third-order valence-corrected chi connectivity index (χ3v) is 6.23. The molecule has 3 aliphatic rings. The van der Waals surface area contributed by atoms with Gasteiger partial charge in [-0.05, 0) is 34.4 Å². The van der Waals surface area contributed by atoms with Crippen LogP contribution in [0.25, 0.3) is 0 Å². The van der Waals surface area contributed by atoms with Crippen LogP contribution in [0.3, 0.4) is 0 Å². The second kappa shape index (κ2) is 8.04. The molecule has 32 heavy (non-hydrogen) atoms. The lowest BCUT2D eigenvalue weighted by atomic mass is 9.81. The molecule has 6 heteroatoms. The maximum Gasteiger partial charge on any atom is 0.251 e. The lowest BCUT2D eigenvalue weighted by Gasteiger charge is -2.50. The molecule has 0 radical (unpaired) electrons. The second-order valence-corrected chi connectivity index (χ2v) is 8.04. The molecule has 2 unspecified atom stereocenters. The van der Waals surface area contributed by atoms with Crippen LogP contribution in [0, 0.1) is 0 Å². The topological polar surface area (TPSA) is 59.1 Å². The highest BCUT2D eigenvalue weighted by Gasteiger charge is 2.53. The first-order valence-corrected chi connectivity index (χ1v) is 10.6. The highest BCUT2D eigenvalue weighted by atomic mass is 16.5. The van der Waals surface area contributed by atoms with Crippen molar-refractivity contribution in [3.63, 3.8) is 0 Å². The molecule has 0 aliphatic carbocycles. The quantitative estimate of drug-likeness (QED) is 0.598. The summed E-state index contributed by atoms with van der Waals surface area (Å²) in [5.74, 6) is 0.949. The van der Waals surface area contributed by atoms with Crippen LogP contribution >= 0.6 is 0 Å². The van der Waals surface area contributed by atoms with E-state index in [1.807, 2.05) is 72.8 Å². The number of carbonyl (C=O) groups is 2. The van der Waals surface area contributed by atoms with Crippen molar-refractivity contribution in [2.75, 3.05) is 14.2 Å². The minimum atomic E-state index is -0.703. The average molecular weight is 428 g/mol. The van der Waals surface area contributed by atoms with Gasteiger partial charge >= 0.3 is 0 Å². The van der Waals surface area contributed by atoms with Crippen molar-refractivity contribution >= 4 is 11.8 Å². The van der Waals surface area contributed by atoms with Crippen LogP contribution in [-0.2, 0) is 22.7 Å². The van der Waals surface area contributed by atoms with Gasteiger partial charge in [-0.2, -0.15) is 0 Å². The Morgan fingerprint density at radius 3 is 1.38 bits per heavy atom. The van der Waals surface area contributed by atoms with Crippen LogP contribution in [0.2, 0.25) is 0 Å². The molecule has 0 saturated carbocycles. The minimum absolute atomic E-state index is 0.0749. The number of piperazine rings is 1. The molecule has 0 N–H and O–H groups in total. The maximum atomic E-state index is 13.7. The molecule has 1 fully saturated rings. The number of ether oxygens (including phenoxy) is 2. The number of amides is 2. The van der Waals surface area contributed by atoms with Crippen LogP contribution in [-0.4, -0.2) is 35.8 Å². The third kappa shape index (κ3) is 3.19. The lowest BCUT2D eigenvalue weighted by Crippen LogP contribution is -2.60. The zero-order chi connectivity index (χ0) is 22.2. The maximum absolute atomic E-state index is 13.7. The molecule has 162 valence electrons. The van der Waals surface area contributed by atoms with E-state index >= 15 is 0 Å². The van der Waals surface area contributed by atoms with Crippen molar-refractivity contribution in [2.24, 2.45) is 0 Å². The molecule has 0 aromatic heterocycles.